The van der Waals surface area contributed by atoms with E-state index in [4.69, 9.17) is 4.74 Å². The molecule has 1 N–H and O–H groups in total. The number of hydrogen-bond acceptors (Lipinski definition) is 3. The highest BCUT2D eigenvalue weighted by molar-refractivity contribution is 5.95. The summed E-state index contributed by atoms with van der Waals surface area (Å²) in [7, 11) is 0. The van der Waals surface area contributed by atoms with Gasteiger partial charge in [0.2, 0.25) is 0 Å². The number of nitrogens with one attached hydrogen (secondary N) is 1. The van der Waals surface area contributed by atoms with Crippen LogP contribution in [-0.4, -0.2) is 18.6 Å². The van der Waals surface area contributed by atoms with Crippen molar-refractivity contribution in [3.63, 3.8) is 0 Å². The monoisotopic (exact) mass is 303 g/mol. The zero-order valence-electron chi connectivity index (χ0n) is 14.3. The average Bonchev–Trinajstić information content (AvgIpc) is 2.47. The molecule has 1 aromatic rings. The highest BCUT2D eigenvalue weighted by Crippen LogP contribution is 2.36. The lowest BCUT2D eigenvalue weighted by atomic mass is 9.75. The summed E-state index contributed by atoms with van der Waals surface area (Å²) in [5.41, 5.74) is 1.50. The lowest BCUT2D eigenvalue weighted by Gasteiger charge is -2.36. The molecule has 3 atom stereocenters. The normalized spacial score (nSPS) is 25.0. The molecule has 3 heteroatoms. The Morgan fingerprint density at radius 1 is 1.32 bits per heavy atom. The fourth-order valence-corrected chi connectivity index (χ4v) is 3.46. The molecule has 0 radical (unpaired) electrons. The molecule has 0 aliphatic heterocycles. The van der Waals surface area contributed by atoms with Crippen LogP contribution in [-0.2, 0) is 4.74 Å². The minimum atomic E-state index is -0.193. The van der Waals surface area contributed by atoms with E-state index in [0.29, 0.717) is 23.3 Å². The Kier molecular flexibility index (Phi) is 5.87. The average molecular weight is 303 g/mol. The first-order valence-electron chi connectivity index (χ1n) is 8.56. The maximum absolute atomic E-state index is 12.6. The topological polar surface area (TPSA) is 38.3 Å². The highest BCUT2D eigenvalue weighted by Gasteiger charge is 2.33. The molecular formula is C19H29NO2. The first-order valence-corrected chi connectivity index (χ1v) is 8.56. The summed E-state index contributed by atoms with van der Waals surface area (Å²) in [5, 5.41) is 3.24. The predicted molar refractivity (Wildman–Crippen MR) is 91.2 cm³/mol. The molecule has 0 bridgehead atoms. The lowest BCUT2D eigenvalue weighted by molar-refractivity contribution is -0.0173. The van der Waals surface area contributed by atoms with E-state index >= 15 is 0 Å². The van der Waals surface area contributed by atoms with Crippen molar-refractivity contribution < 1.29 is 9.53 Å². The van der Waals surface area contributed by atoms with Crippen LogP contribution in [0.3, 0.4) is 0 Å². The van der Waals surface area contributed by atoms with Crippen molar-refractivity contribution in [3.8, 4) is 0 Å². The second kappa shape index (κ2) is 7.66. The molecular weight excluding hydrogens is 274 g/mol. The number of rotatable bonds is 5. The molecule has 1 fully saturated rings. The number of benzene rings is 1. The quantitative estimate of drug-likeness (QED) is 0.799. The molecule has 1 saturated carbocycles. The summed E-state index contributed by atoms with van der Waals surface area (Å²) in [5.74, 6) is 1.47. The molecule has 0 heterocycles. The molecule has 0 amide bonds. The van der Waals surface area contributed by atoms with Crippen LogP contribution in [0.4, 0.5) is 5.69 Å². The SMILES string of the molecule is CCNc1ccccc1C(=O)O[C@@H]1C[C@H](C)CC[C@H]1C(C)C. The van der Waals surface area contributed by atoms with E-state index in [-0.39, 0.29) is 12.1 Å². The fraction of sp³-hybridized carbons (Fsp3) is 0.632. The Hall–Kier alpha value is -1.51. The van der Waals surface area contributed by atoms with Crippen molar-refractivity contribution in [3.05, 3.63) is 29.8 Å². The third kappa shape index (κ3) is 4.02. The van der Waals surface area contributed by atoms with Gasteiger partial charge in [-0.1, -0.05) is 39.3 Å². The number of hydrogen-bond donors (Lipinski definition) is 1. The van der Waals surface area contributed by atoms with Gasteiger partial charge in [-0.05, 0) is 49.7 Å². The van der Waals surface area contributed by atoms with E-state index in [1.54, 1.807) is 0 Å². The number of carbonyl (C=O) groups excluding carboxylic acids is 1. The molecule has 1 aromatic carbocycles. The largest absolute Gasteiger partial charge is 0.458 e. The third-order valence-corrected chi connectivity index (χ3v) is 4.73. The summed E-state index contributed by atoms with van der Waals surface area (Å²) in [6.07, 6.45) is 3.43. The molecule has 1 aliphatic rings. The second-order valence-corrected chi connectivity index (χ2v) is 6.85. The minimum Gasteiger partial charge on any atom is -0.458 e. The summed E-state index contributed by atoms with van der Waals surface area (Å²) >= 11 is 0. The Labute approximate surface area is 134 Å². The summed E-state index contributed by atoms with van der Waals surface area (Å²) in [4.78, 5) is 12.6. The first kappa shape index (κ1) is 16.9. The molecule has 122 valence electrons. The van der Waals surface area contributed by atoms with Crippen LogP contribution in [0.25, 0.3) is 0 Å². The van der Waals surface area contributed by atoms with Gasteiger partial charge in [0.15, 0.2) is 0 Å². The van der Waals surface area contributed by atoms with Crippen molar-refractivity contribution >= 4 is 11.7 Å². The molecule has 0 spiro atoms. The molecule has 0 saturated heterocycles. The lowest BCUT2D eigenvalue weighted by Crippen LogP contribution is -2.36. The smallest absolute Gasteiger partial charge is 0.340 e. The van der Waals surface area contributed by atoms with E-state index in [2.05, 4.69) is 26.1 Å². The van der Waals surface area contributed by atoms with E-state index in [0.717, 1.165) is 25.1 Å². The Balaban J connectivity index is 2.12. The van der Waals surface area contributed by atoms with E-state index in [9.17, 15) is 4.79 Å². The van der Waals surface area contributed by atoms with Crippen molar-refractivity contribution in [2.45, 2.75) is 53.1 Å². The van der Waals surface area contributed by atoms with Crippen LogP contribution in [0.1, 0.15) is 57.3 Å². The number of carbonyl (C=O) groups is 1. The van der Waals surface area contributed by atoms with Crippen LogP contribution >= 0.6 is 0 Å². The van der Waals surface area contributed by atoms with Crippen molar-refractivity contribution in [2.24, 2.45) is 17.8 Å². The van der Waals surface area contributed by atoms with Crippen molar-refractivity contribution in [1.29, 1.82) is 0 Å². The molecule has 2 rings (SSSR count). The van der Waals surface area contributed by atoms with Gasteiger partial charge in [0.1, 0.15) is 6.10 Å². The molecule has 0 unspecified atom stereocenters. The predicted octanol–water partition coefficient (Wildman–Crippen LogP) is 4.74. The Bertz CT molecular complexity index is 498. The fourth-order valence-electron chi connectivity index (χ4n) is 3.46. The van der Waals surface area contributed by atoms with E-state index < -0.39 is 0 Å². The van der Waals surface area contributed by atoms with Gasteiger partial charge in [0.25, 0.3) is 0 Å². The Morgan fingerprint density at radius 2 is 2.05 bits per heavy atom. The summed E-state index contributed by atoms with van der Waals surface area (Å²) < 4.78 is 5.93. The minimum absolute atomic E-state index is 0.0472. The van der Waals surface area contributed by atoms with E-state index in [1.165, 1.54) is 6.42 Å². The van der Waals surface area contributed by atoms with Gasteiger partial charge in [-0.15, -0.1) is 0 Å². The van der Waals surface area contributed by atoms with E-state index in [1.807, 2.05) is 31.2 Å². The number of esters is 1. The van der Waals surface area contributed by atoms with Gasteiger partial charge < -0.3 is 10.1 Å². The van der Waals surface area contributed by atoms with Gasteiger partial charge >= 0.3 is 5.97 Å². The van der Waals surface area contributed by atoms with Crippen LogP contribution in [0.15, 0.2) is 24.3 Å². The van der Waals surface area contributed by atoms with Crippen molar-refractivity contribution in [2.75, 3.05) is 11.9 Å². The summed E-state index contributed by atoms with van der Waals surface area (Å²) in [6, 6.07) is 7.61. The van der Waals surface area contributed by atoms with Crippen molar-refractivity contribution in [1.82, 2.24) is 0 Å². The third-order valence-electron chi connectivity index (χ3n) is 4.73. The van der Waals surface area contributed by atoms with Crippen LogP contribution in [0.5, 0.6) is 0 Å². The standard InChI is InChI=1S/C19H29NO2/c1-5-20-17-9-7-6-8-16(17)19(21)22-18-12-14(4)10-11-15(18)13(2)3/h6-9,13-15,18,20H,5,10-12H2,1-4H3/t14-,15+,18-/m1/s1. The number of ether oxygens (including phenoxy) is 1. The van der Waals surface area contributed by atoms with Crippen LogP contribution in [0, 0.1) is 17.8 Å². The van der Waals surface area contributed by atoms with Gasteiger partial charge in [-0.3, -0.25) is 0 Å². The van der Waals surface area contributed by atoms with Crippen LogP contribution in [0.2, 0.25) is 0 Å². The maximum atomic E-state index is 12.6. The number of anilines is 1. The highest BCUT2D eigenvalue weighted by atomic mass is 16.5. The van der Waals surface area contributed by atoms with Gasteiger partial charge in [-0.2, -0.15) is 0 Å². The molecule has 3 nitrogen and oxygen atoms in total. The molecule has 22 heavy (non-hydrogen) atoms. The zero-order valence-corrected chi connectivity index (χ0v) is 14.3. The summed E-state index contributed by atoms with van der Waals surface area (Å²) in [6.45, 7) is 9.53. The first-order chi connectivity index (χ1) is 10.5. The number of para-hydroxylation sites is 1. The molecule has 1 aliphatic carbocycles. The van der Waals surface area contributed by atoms with Gasteiger partial charge in [0.05, 0.1) is 5.56 Å². The van der Waals surface area contributed by atoms with Crippen LogP contribution < -0.4 is 5.32 Å². The zero-order chi connectivity index (χ0) is 16.1. The van der Waals surface area contributed by atoms with Gasteiger partial charge in [-0.25, -0.2) is 4.79 Å². The Morgan fingerprint density at radius 3 is 2.73 bits per heavy atom. The maximum Gasteiger partial charge on any atom is 0.340 e. The molecule has 0 aromatic heterocycles. The second-order valence-electron chi connectivity index (χ2n) is 6.85. The van der Waals surface area contributed by atoms with Gasteiger partial charge in [0, 0.05) is 12.2 Å².